The highest BCUT2D eigenvalue weighted by Gasteiger charge is 2.63. The Balaban J connectivity index is 1.63. The minimum atomic E-state index is -0.421. The molecule has 2 aliphatic heterocycles. The van der Waals surface area contributed by atoms with Crippen molar-refractivity contribution < 1.29 is 23.9 Å². The van der Waals surface area contributed by atoms with Crippen molar-refractivity contribution >= 4 is 17.7 Å². The molecule has 2 aliphatic carbocycles. The SMILES string of the molecule is C[C@@H]1C(=O)C[C@@]23COC(=O)C2=CCC[C@@H]3[C@@]1(C)CC[C@H]1COC(=O)C1. The number of rotatable bonds is 3. The van der Waals surface area contributed by atoms with Gasteiger partial charge in [-0.2, -0.15) is 0 Å². The Bertz CT molecular complexity index is 665. The molecule has 0 amide bonds. The van der Waals surface area contributed by atoms with Gasteiger partial charge in [0.2, 0.25) is 0 Å². The molecule has 5 atom stereocenters. The zero-order valence-corrected chi connectivity index (χ0v) is 15.0. The van der Waals surface area contributed by atoms with Crippen molar-refractivity contribution in [2.75, 3.05) is 13.2 Å². The first kappa shape index (κ1) is 16.8. The van der Waals surface area contributed by atoms with Crippen molar-refractivity contribution in [1.82, 2.24) is 0 Å². The number of esters is 2. The van der Waals surface area contributed by atoms with E-state index in [9.17, 15) is 14.4 Å². The van der Waals surface area contributed by atoms with Crippen LogP contribution in [0.1, 0.15) is 52.4 Å². The summed E-state index contributed by atoms with van der Waals surface area (Å²) in [4.78, 5) is 36.5. The number of Topliss-reactive ketones (excluding diaryl/α,β-unsaturated/α-hetero) is 1. The molecule has 5 nitrogen and oxygen atoms in total. The van der Waals surface area contributed by atoms with Crippen LogP contribution in [0.5, 0.6) is 0 Å². The third-order valence-corrected chi connectivity index (χ3v) is 7.47. The van der Waals surface area contributed by atoms with Gasteiger partial charge in [0.05, 0.1) is 13.0 Å². The number of carbonyl (C=O) groups is 3. The lowest BCUT2D eigenvalue weighted by molar-refractivity contribution is -0.145. The molecule has 2 saturated heterocycles. The Hall–Kier alpha value is -1.65. The van der Waals surface area contributed by atoms with Crippen molar-refractivity contribution in [2.24, 2.45) is 28.6 Å². The van der Waals surface area contributed by atoms with Gasteiger partial charge in [-0.3, -0.25) is 9.59 Å². The van der Waals surface area contributed by atoms with E-state index < -0.39 is 5.41 Å². The number of ether oxygens (including phenoxy) is 2. The van der Waals surface area contributed by atoms with E-state index in [1.54, 1.807) is 0 Å². The Kier molecular flexibility index (Phi) is 3.82. The molecular weight excluding hydrogens is 320 g/mol. The Morgan fingerprint density at radius 1 is 1.24 bits per heavy atom. The van der Waals surface area contributed by atoms with Crippen LogP contribution in [0.15, 0.2) is 11.6 Å². The van der Waals surface area contributed by atoms with Crippen LogP contribution in [-0.2, 0) is 23.9 Å². The summed E-state index contributed by atoms with van der Waals surface area (Å²) >= 11 is 0. The maximum Gasteiger partial charge on any atom is 0.334 e. The molecule has 4 rings (SSSR count). The van der Waals surface area contributed by atoms with Crippen LogP contribution in [0.3, 0.4) is 0 Å². The van der Waals surface area contributed by atoms with Crippen LogP contribution in [0.25, 0.3) is 0 Å². The van der Waals surface area contributed by atoms with Crippen LogP contribution < -0.4 is 0 Å². The zero-order valence-electron chi connectivity index (χ0n) is 15.0. The monoisotopic (exact) mass is 346 g/mol. The minimum Gasteiger partial charge on any atom is -0.465 e. The van der Waals surface area contributed by atoms with Gasteiger partial charge < -0.3 is 9.47 Å². The van der Waals surface area contributed by atoms with E-state index in [1.165, 1.54) is 0 Å². The molecule has 0 bridgehead atoms. The highest BCUT2D eigenvalue weighted by atomic mass is 16.5. The lowest BCUT2D eigenvalue weighted by Crippen LogP contribution is -2.55. The standard InChI is InChI=1S/C20H26O5/c1-12-15(21)9-20-11-25-18(23)14(20)4-3-5-16(20)19(12,2)7-6-13-8-17(22)24-10-13/h4,12-13,16H,3,5-11H2,1-2H3/t12-,13-,16-,19+,20-/m1/s1. The Labute approximate surface area is 148 Å². The van der Waals surface area contributed by atoms with E-state index in [2.05, 4.69) is 6.92 Å². The largest absolute Gasteiger partial charge is 0.465 e. The molecule has 3 fully saturated rings. The Morgan fingerprint density at radius 2 is 2.04 bits per heavy atom. The molecule has 0 aromatic heterocycles. The molecule has 5 heteroatoms. The summed E-state index contributed by atoms with van der Waals surface area (Å²) in [7, 11) is 0. The third kappa shape index (κ3) is 2.38. The average Bonchev–Trinajstić information content (AvgIpc) is 3.15. The fourth-order valence-electron chi connectivity index (χ4n) is 5.82. The molecule has 25 heavy (non-hydrogen) atoms. The quantitative estimate of drug-likeness (QED) is 0.735. The van der Waals surface area contributed by atoms with Crippen LogP contribution in [0.2, 0.25) is 0 Å². The fourth-order valence-corrected chi connectivity index (χ4v) is 5.82. The summed E-state index contributed by atoms with van der Waals surface area (Å²) in [6.07, 6.45) is 6.55. The second-order valence-corrected chi connectivity index (χ2v) is 8.64. The fraction of sp³-hybridized carbons (Fsp3) is 0.750. The van der Waals surface area contributed by atoms with Crippen LogP contribution in [0.4, 0.5) is 0 Å². The molecule has 0 aromatic carbocycles. The molecule has 1 spiro atoms. The van der Waals surface area contributed by atoms with Gasteiger partial charge >= 0.3 is 11.9 Å². The lowest BCUT2D eigenvalue weighted by Gasteiger charge is -2.55. The van der Waals surface area contributed by atoms with Gasteiger partial charge in [-0.05, 0) is 37.0 Å². The lowest BCUT2D eigenvalue weighted by atomic mass is 9.46. The van der Waals surface area contributed by atoms with Crippen molar-refractivity contribution in [3.8, 4) is 0 Å². The number of allylic oxidation sites excluding steroid dienone is 1. The number of hydrogen-bond acceptors (Lipinski definition) is 5. The second-order valence-electron chi connectivity index (χ2n) is 8.64. The number of carbonyl (C=O) groups excluding carboxylic acids is 3. The van der Waals surface area contributed by atoms with Gasteiger partial charge in [-0.1, -0.05) is 19.9 Å². The van der Waals surface area contributed by atoms with Gasteiger partial charge in [0.1, 0.15) is 12.4 Å². The molecule has 0 radical (unpaired) electrons. The summed E-state index contributed by atoms with van der Waals surface area (Å²) in [6.45, 7) is 5.10. The normalized spacial score (nSPS) is 43.2. The zero-order chi connectivity index (χ0) is 17.8. The predicted molar refractivity (Wildman–Crippen MR) is 89.4 cm³/mol. The van der Waals surface area contributed by atoms with Gasteiger partial charge in [-0.25, -0.2) is 4.79 Å². The summed E-state index contributed by atoms with van der Waals surface area (Å²) in [5, 5.41) is 0. The first-order chi connectivity index (χ1) is 11.9. The maximum atomic E-state index is 12.9. The van der Waals surface area contributed by atoms with Crippen LogP contribution in [-0.4, -0.2) is 30.9 Å². The minimum absolute atomic E-state index is 0.0313. The van der Waals surface area contributed by atoms with E-state index in [4.69, 9.17) is 9.47 Å². The van der Waals surface area contributed by atoms with Crippen molar-refractivity contribution in [2.45, 2.75) is 52.4 Å². The van der Waals surface area contributed by atoms with Gasteiger partial charge in [0, 0.05) is 29.2 Å². The number of ketones is 1. The summed E-state index contributed by atoms with van der Waals surface area (Å²) < 4.78 is 10.5. The van der Waals surface area contributed by atoms with Crippen LogP contribution >= 0.6 is 0 Å². The van der Waals surface area contributed by atoms with Gasteiger partial charge in [0.15, 0.2) is 0 Å². The second kappa shape index (κ2) is 5.68. The van der Waals surface area contributed by atoms with E-state index in [-0.39, 0.29) is 40.9 Å². The summed E-state index contributed by atoms with van der Waals surface area (Å²) in [6, 6.07) is 0. The van der Waals surface area contributed by atoms with E-state index in [1.807, 2.05) is 13.0 Å². The first-order valence-corrected chi connectivity index (χ1v) is 9.43. The topological polar surface area (TPSA) is 69.7 Å². The molecule has 0 unspecified atom stereocenters. The Morgan fingerprint density at radius 3 is 2.76 bits per heavy atom. The molecular formula is C20H26O5. The molecule has 0 N–H and O–H groups in total. The average molecular weight is 346 g/mol. The molecule has 136 valence electrons. The highest BCUT2D eigenvalue weighted by Crippen LogP contribution is 2.63. The maximum absolute atomic E-state index is 12.9. The van der Waals surface area contributed by atoms with E-state index in [0.29, 0.717) is 26.1 Å². The van der Waals surface area contributed by atoms with E-state index >= 15 is 0 Å². The van der Waals surface area contributed by atoms with Crippen molar-refractivity contribution in [3.63, 3.8) is 0 Å². The van der Waals surface area contributed by atoms with Crippen molar-refractivity contribution in [3.05, 3.63) is 11.6 Å². The summed E-state index contributed by atoms with van der Waals surface area (Å²) in [5.74, 6) is 0.391. The highest BCUT2D eigenvalue weighted by molar-refractivity contribution is 5.95. The van der Waals surface area contributed by atoms with Crippen LogP contribution in [0, 0.1) is 28.6 Å². The predicted octanol–water partition coefficient (Wildman–Crippen LogP) is 2.82. The smallest absolute Gasteiger partial charge is 0.334 e. The first-order valence-electron chi connectivity index (χ1n) is 9.43. The third-order valence-electron chi connectivity index (χ3n) is 7.47. The summed E-state index contributed by atoms with van der Waals surface area (Å²) in [5.41, 5.74) is 0.152. The van der Waals surface area contributed by atoms with E-state index in [0.717, 1.165) is 31.3 Å². The van der Waals surface area contributed by atoms with Gasteiger partial charge in [-0.15, -0.1) is 0 Å². The molecule has 0 aromatic rings. The molecule has 2 heterocycles. The number of hydrogen-bond donors (Lipinski definition) is 0. The van der Waals surface area contributed by atoms with Crippen molar-refractivity contribution in [1.29, 1.82) is 0 Å². The van der Waals surface area contributed by atoms with Gasteiger partial charge in [0.25, 0.3) is 0 Å². The molecule has 4 aliphatic rings. The number of cyclic esters (lactones) is 2. The molecule has 1 saturated carbocycles.